The van der Waals surface area contributed by atoms with Crippen LogP contribution in [-0.2, 0) is 16.1 Å². The number of carbonyl (C=O) groups is 2. The van der Waals surface area contributed by atoms with E-state index in [0.717, 1.165) is 22.6 Å². The number of benzene rings is 2. The first-order valence-corrected chi connectivity index (χ1v) is 8.51. The van der Waals surface area contributed by atoms with Gasteiger partial charge in [-0.25, -0.2) is 0 Å². The Bertz CT molecular complexity index is 817. The number of fused-ring (bicyclic) bond motifs is 1. The van der Waals surface area contributed by atoms with Crippen LogP contribution in [0, 0.1) is 0 Å². The lowest BCUT2D eigenvalue weighted by Crippen LogP contribution is -2.36. The first-order chi connectivity index (χ1) is 12.5. The highest BCUT2D eigenvalue weighted by Gasteiger charge is 2.38. The van der Waals surface area contributed by atoms with Gasteiger partial charge in [-0.15, -0.1) is 0 Å². The van der Waals surface area contributed by atoms with E-state index in [-0.39, 0.29) is 11.8 Å². The number of carbonyl (C=O) groups excluding carboxylic acids is 2. The summed E-state index contributed by atoms with van der Waals surface area (Å²) in [5.41, 5.74) is 2.51. The Morgan fingerprint density at radius 3 is 2.46 bits per heavy atom. The van der Waals surface area contributed by atoms with Crippen molar-refractivity contribution in [3.63, 3.8) is 0 Å². The third-order valence-electron chi connectivity index (χ3n) is 4.27. The molecule has 1 heterocycles. The number of rotatable bonds is 6. The molecule has 1 atom stereocenters. The summed E-state index contributed by atoms with van der Waals surface area (Å²) in [5.74, 6) is 1.04. The fraction of sp³-hybridized carbons (Fsp3) is 0.300. The van der Waals surface area contributed by atoms with Gasteiger partial charge in [0.15, 0.2) is 0 Å². The highest BCUT2D eigenvalue weighted by atomic mass is 16.5. The van der Waals surface area contributed by atoms with Gasteiger partial charge in [0, 0.05) is 12.5 Å². The molecular weight excluding hydrogens is 332 g/mol. The molecule has 0 spiro atoms. The molecule has 2 amide bonds. The predicted molar refractivity (Wildman–Crippen MR) is 98.4 cm³/mol. The smallest absolute Gasteiger partial charge is 0.254 e. The molecule has 6 nitrogen and oxygen atoms in total. The van der Waals surface area contributed by atoms with Crippen molar-refractivity contribution in [3.05, 3.63) is 53.6 Å². The molecule has 2 aromatic rings. The lowest BCUT2D eigenvalue weighted by Gasteiger charge is -2.18. The maximum Gasteiger partial charge on any atom is 0.254 e. The van der Waals surface area contributed by atoms with Gasteiger partial charge in [0.2, 0.25) is 5.91 Å². The minimum atomic E-state index is -0.693. The second-order valence-electron chi connectivity index (χ2n) is 6.06. The van der Waals surface area contributed by atoms with Crippen LogP contribution in [0.5, 0.6) is 11.5 Å². The number of nitrogens with one attached hydrogen (secondary N) is 1. The van der Waals surface area contributed by atoms with E-state index in [1.54, 1.807) is 12.0 Å². The van der Waals surface area contributed by atoms with Crippen molar-refractivity contribution in [2.45, 2.75) is 26.4 Å². The van der Waals surface area contributed by atoms with Crippen molar-refractivity contribution in [2.75, 3.05) is 18.6 Å². The lowest BCUT2D eigenvalue weighted by atomic mass is 10.1. The summed E-state index contributed by atoms with van der Waals surface area (Å²) in [6.45, 7) is 4.26. The minimum Gasteiger partial charge on any atom is -0.497 e. The van der Waals surface area contributed by atoms with Crippen LogP contribution in [0.1, 0.15) is 31.0 Å². The minimum absolute atomic E-state index is 0.153. The van der Waals surface area contributed by atoms with Crippen LogP contribution < -0.4 is 19.7 Å². The second-order valence-corrected chi connectivity index (χ2v) is 6.06. The van der Waals surface area contributed by atoms with E-state index in [1.165, 1.54) is 6.92 Å². The number of ether oxygens (including phenoxy) is 2. The van der Waals surface area contributed by atoms with Gasteiger partial charge in [0.25, 0.3) is 5.91 Å². The Labute approximate surface area is 152 Å². The van der Waals surface area contributed by atoms with Crippen LogP contribution in [0.4, 0.5) is 5.69 Å². The molecular formula is C20H22N2O4. The summed E-state index contributed by atoms with van der Waals surface area (Å²) in [7, 11) is 1.61. The number of hydrogen-bond acceptors (Lipinski definition) is 4. The van der Waals surface area contributed by atoms with Gasteiger partial charge < -0.3 is 19.7 Å². The van der Waals surface area contributed by atoms with Gasteiger partial charge >= 0.3 is 0 Å². The second kappa shape index (κ2) is 7.47. The van der Waals surface area contributed by atoms with Crippen LogP contribution in [-0.4, -0.2) is 25.5 Å². The summed E-state index contributed by atoms with van der Waals surface area (Å²) in [4.78, 5) is 26.2. The number of hydrogen-bond donors (Lipinski definition) is 1. The third-order valence-corrected chi connectivity index (χ3v) is 4.27. The normalized spacial score (nSPS) is 15.6. The molecule has 0 fully saturated rings. The number of nitrogens with zero attached hydrogens (tertiary/aromatic N) is 1. The zero-order chi connectivity index (χ0) is 18.7. The summed E-state index contributed by atoms with van der Waals surface area (Å²) < 4.78 is 10.7. The van der Waals surface area contributed by atoms with E-state index < -0.39 is 6.04 Å². The van der Waals surface area contributed by atoms with E-state index >= 15 is 0 Å². The number of anilines is 1. The van der Waals surface area contributed by atoms with E-state index in [0.29, 0.717) is 18.9 Å². The fourth-order valence-electron chi connectivity index (χ4n) is 3.09. The maximum absolute atomic E-state index is 12.9. The topological polar surface area (TPSA) is 67.9 Å². The zero-order valence-corrected chi connectivity index (χ0v) is 15.1. The third kappa shape index (κ3) is 3.49. The number of amides is 2. The van der Waals surface area contributed by atoms with Gasteiger partial charge in [-0.1, -0.05) is 12.1 Å². The first-order valence-electron chi connectivity index (χ1n) is 8.51. The van der Waals surface area contributed by atoms with Gasteiger partial charge in [-0.05, 0) is 42.8 Å². The zero-order valence-electron chi connectivity index (χ0n) is 15.1. The molecule has 0 aliphatic carbocycles. The molecule has 0 aromatic heterocycles. The molecule has 136 valence electrons. The molecule has 0 saturated carbocycles. The van der Waals surface area contributed by atoms with E-state index in [2.05, 4.69) is 5.32 Å². The Morgan fingerprint density at radius 1 is 1.15 bits per heavy atom. The van der Waals surface area contributed by atoms with Crippen molar-refractivity contribution in [2.24, 2.45) is 0 Å². The van der Waals surface area contributed by atoms with Crippen LogP contribution in [0.3, 0.4) is 0 Å². The fourth-order valence-corrected chi connectivity index (χ4v) is 3.09. The highest BCUT2D eigenvalue weighted by molar-refractivity contribution is 6.06. The lowest BCUT2D eigenvalue weighted by molar-refractivity contribution is -0.126. The molecule has 0 radical (unpaired) electrons. The summed E-state index contributed by atoms with van der Waals surface area (Å²) in [6, 6.07) is 12.4. The van der Waals surface area contributed by atoms with Crippen LogP contribution in [0.2, 0.25) is 0 Å². The van der Waals surface area contributed by atoms with Crippen molar-refractivity contribution in [1.82, 2.24) is 5.32 Å². The Morgan fingerprint density at radius 2 is 1.85 bits per heavy atom. The summed E-state index contributed by atoms with van der Waals surface area (Å²) in [5, 5.41) is 2.75. The monoisotopic (exact) mass is 354 g/mol. The van der Waals surface area contributed by atoms with E-state index in [4.69, 9.17) is 9.47 Å². The van der Waals surface area contributed by atoms with Crippen molar-refractivity contribution < 1.29 is 19.1 Å². The van der Waals surface area contributed by atoms with Gasteiger partial charge in [0.1, 0.15) is 17.5 Å². The Hall–Kier alpha value is -3.02. The molecule has 3 rings (SSSR count). The SMILES string of the molecule is CCOc1ccc2c(c1)[C@H](NC(C)=O)C(=O)N2Cc1ccc(OC)cc1. The highest BCUT2D eigenvalue weighted by Crippen LogP contribution is 2.39. The average Bonchev–Trinajstić information content (AvgIpc) is 2.87. The van der Waals surface area contributed by atoms with Crippen molar-refractivity contribution >= 4 is 17.5 Å². The summed E-state index contributed by atoms with van der Waals surface area (Å²) >= 11 is 0. The van der Waals surface area contributed by atoms with Gasteiger partial charge in [0.05, 0.1) is 25.9 Å². The molecule has 0 saturated heterocycles. The van der Waals surface area contributed by atoms with Crippen molar-refractivity contribution in [1.29, 1.82) is 0 Å². The summed E-state index contributed by atoms with van der Waals surface area (Å²) in [6.07, 6.45) is 0. The van der Waals surface area contributed by atoms with Crippen LogP contribution >= 0.6 is 0 Å². The molecule has 1 aliphatic rings. The predicted octanol–water partition coefficient (Wildman–Crippen LogP) is 2.82. The molecule has 1 aliphatic heterocycles. The van der Waals surface area contributed by atoms with Crippen LogP contribution in [0.25, 0.3) is 0 Å². The Kier molecular flexibility index (Phi) is 5.11. The van der Waals surface area contributed by atoms with E-state index in [9.17, 15) is 9.59 Å². The molecule has 26 heavy (non-hydrogen) atoms. The first kappa shape index (κ1) is 17.8. The molecule has 1 N–H and O–H groups in total. The average molecular weight is 354 g/mol. The van der Waals surface area contributed by atoms with Gasteiger partial charge in [-0.2, -0.15) is 0 Å². The van der Waals surface area contributed by atoms with Gasteiger partial charge in [-0.3, -0.25) is 9.59 Å². The largest absolute Gasteiger partial charge is 0.497 e. The maximum atomic E-state index is 12.9. The standard InChI is InChI=1S/C20H22N2O4/c1-4-26-16-9-10-18-17(11-16)19(21-13(2)23)20(24)22(18)12-14-5-7-15(25-3)8-6-14/h5-11,19H,4,12H2,1-3H3,(H,21,23)/t19-/m0/s1. The van der Waals surface area contributed by atoms with Crippen LogP contribution in [0.15, 0.2) is 42.5 Å². The van der Waals surface area contributed by atoms with E-state index in [1.807, 2.05) is 49.4 Å². The number of methoxy groups -OCH3 is 1. The molecule has 6 heteroatoms. The van der Waals surface area contributed by atoms with Crippen molar-refractivity contribution in [3.8, 4) is 11.5 Å². The molecule has 2 aromatic carbocycles. The molecule has 0 unspecified atom stereocenters. The molecule has 0 bridgehead atoms. The quantitative estimate of drug-likeness (QED) is 0.866. The Balaban J connectivity index is 1.93.